The first kappa shape index (κ1) is 15.3. The molecule has 5 unspecified atom stereocenters. The maximum atomic E-state index is 6.54. The van der Waals surface area contributed by atoms with E-state index < -0.39 is 0 Å². The quantitative estimate of drug-likeness (QED) is 0.813. The molecule has 0 aromatic rings. The lowest BCUT2D eigenvalue weighted by Crippen LogP contribution is -2.40. The summed E-state index contributed by atoms with van der Waals surface area (Å²) in [7, 11) is 0. The molecule has 0 aromatic carbocycles. The Labute approximate surface area is 119 Å². The maximum absolute atomic E-state index is 6.54. The van der Waals surface area contributed by atoms with Crippen LogP contribution in [0.4, 0.5) is 0 Å². The largest absolute Gasteiger partial charge is 0.374 e. The number of hydrogen-bond donors (Lipinski definition) is 1. The minimum atomic E-state index is 0.445. The summed E-state index contributed by atoms with van der Waals surface area (Å²) in [6.07, 6.45) is 12.9. The smallest absolute Gasteiger partial charge is 0.0621 e. The van der Waals surface area contributed by atoms with Gasteiger partial charge in [-0.25, -0.2) is 0 Å². The van der Waals surface area contributed by atoms with Crippen LogP contribution in [0.2, 0.25) is 0 Å². The van der Waals surface area contributed by atoms with E-state index in [0.717, 1.165) is 18.4 Å². The van der Waals surface area contributed by atoms with Gasteiger partial charge in [0.25, 0.3) is 0 Å². The molecule has 19 heavy (non-hydrogen) atoms. The molecule has 0 heterocycles. The molecule has 0 aromatic heterocycles. The van der Waals surface area contributed by atoms with E-state index in [2.05, 4.69) is 13.8 Å². The summed E-state index contributed by atoms with van der Waals surface area (Å²) < 4.78 is 6.54. The lowest BCUT2D eigenvalue weighted by Gasteiger charge is -2.40. The van der Waals surface area contributed by atoms with Crippen molar-refractivity contribution in [2.24, 2.45) is 23.5 Å². The predicted molar refractivity (Wildman–Crippen MR) is 81.1 cm³/mol. The van der Waals surface area contributed by atoms with Crippen LogP contribution in [0.3, 0.4) is 0 Å². The lowest BCUT2D eigenvalue weighted by atomic mass is 9.77. The minimum Gasteiger partial charge on any atom is -0.374 e. The topological polar surface area (TPSA) is 35.2 Å². The van der Waals surface area contributed by atoms with Crippen molar-refractivity contribution in [3.8, 4) is 0 Å². The van der Waals surface area contributed by atoms with Gasteiger partial charge in [-0.3, -0.25) is 0 Å². The fourth-order valence-corrected chi connectivity index (χ4v) is 4.09. The van der Waals surface area contributed by atoms with Gasteiger partial charge in [0.15, 0.2) is 0 Å². The molecule has 0 aliphatic heterocycles. The van der Waals surface area contributed by atoms with E-state index in [0.29, 0.717) is 18.1 Å². The lowest BCUT2D eigenvalue weighted by molar-refractivity contribution is -0.0990. The van der Waals surface area contributed by atoms with Crippen molar-refractivity contribution in [3.63, 3.8) is 0 Å². The Morgan fingerprint density at radius 2 is 1.84 bits per heavy atom. The average Bonchev–Trinajstić information content (AvgIpc) is 2.42. The number of ether oxygens (including phenoxy) is 1. The van der Waals surface area contributed by atoms with Crippen LogP contribution in [-0.4, -0.2) is 18.8 Å². The molecule has 0 radical (unpaired) electrons. The van der Waals surface area contributed by atoms with Gasteiger partial charge in [-0.15, -0.1) is 0 Å². The molecule has 0 bridgehead atoms. The zero-order valence-electron chi connectivity index (χ0n) is 12.9. The first-order valence-corrected chi connectivity index (χ1v) is 8.60. The van der Waals surface area contributed by atoms with Gasteiger partial charge in [0, 0.05) is 0 Å². The number of hydrogen-bond acceptors (Lipinski definition) is 2. The minimum absolute atomic E-state index is 0.445. The first-order valence-electron chi connectivity index (χ1n) is 8.60. The van der Waals surface area contributed by atoms with Crippen LogP contribution in [0.25, 0.3) is 0 Å². The predicted octanol–water partition coefficient (Wildman–Crippen LogP) is 4.13. The third kappa shape index (κ3) is 4.19. The molecular formula is C17H33NO. The Hall–Kier alpha value is -0.0800. The molecule has 112 valence electrons. The SMILES string of the molecule is CCCC1CCC(CN)C(OC2CCCCC2C)C1. The van der Waals surface area contributed by atoms with Gasteiger partial charge < -0.3 is 10.5 Å². The fraction of sp³-hybridized carbons (Fsp3) is 1.00. The highest BCUT2D eigenvalue weighted by atomic mass is 16.5. The second-order valence-electron chi connectivity index (χ2n) is 6.94. The van der Waals surface area contributed by atoms with Gasteiger partial charge in [0.1, 0.15) is 0 Å². The van der Waals surface area contributed by atoms with E-state index in [1.54, 1.807) is 0 Å². The van der Waals surface area contributed by atoms with Gasteiger partial charge >= 0.3 is 0 Å². The van der Waals surface area contributed by atoms with Gasteiger partial charge in [0.05, 0.1) is 12.2 Å². The molecule has 2 aliphatic rings. The average molecular weight is 267 g/mol. The van der Waals surface area contributed by atoms with Crippen molar-refractivity contribution in [2.75, 3.05) is 6.54 Å². The summed E-state index contributed by atoms with van der Waals surface area (Å²) in [5.41, 5.74) is 5.97. The molecule has 0 amide bonds. The molecule has 5 atom stereocenters. The molecule has 2 nitrogen and oxygen atoms in total. The van der Waals surface area contributed by atoms with Gasteiger partial charge in [-0.1, -0.05) is 39.5 Å². The summed E-state index contributed by atoms with van der Waals surface area (Å²) in [5, 5.41) is 0. The van der Waals surface area contributed by atoms with E-state index in [-0.39, 0.29) is 0 Å². The van der Waals surface area contributed by atoms with E-state index in [1.165, 1.54) is 57.8 Å². The summed E-state index contributed by atoms with van der Waals surface area (Å²) in [4.78, 5) is 0. The monoisotopic (exact) mass is 267 g/mol. The van der Waals surface area contributed by atoms with Crippen LogP contribution in [0.1, 0.15) is 71.6 Å². The molecule has 2 rings (SSSR count). The van der Waals surface area contributed by atoms with Gasteiger partial charge in [-0.2, -0.15) is 0 Å². The fourth-order valence-electron chi connectivity index (χ4n) is 4.09. The molecular weight excluding hydrogens is 234 g/mol. The van der Waals surface area contributed by atoms with Crippen molar-refractivity contribution >= 4 is 0 Å². The Morgan fingerprint density at radius 1 is 1.05 bits per heavy atom. The van der Waals surface area contributed by atoms with Crippen LogP contribution in [0, 0.1) is 17.8 Å². The Balaban J connectivity index is 1.89. The van der Waals surface area contributed by atoms with E-state index in [4.69, 9.17) is 10.5 Å². The van der Waals surface area contributed by atoms with Crippen molar-refractivity contribution in [1.82, 2.24) is 0 Å². The van der Waals surface area contributed by atoms with Crippen LogP contribution < -0.4 is 5.73 Å². The van der Waals surface area contributed by atoms with Crippen molar-refractivity contribution < 1.29 is 4.74 Å². The highest BCUT2D eigenvalue weighted by Gasteiger charge is 2.33. The second kappa shape index (κ2) is 7.64. The molecule has 2 heteroatoms. The maximum Gasteiger partial charge on any atom is 0.0621 e. The molecule has 2 saturated carbocycles. The molecule has 0 spiro atoms. The number of nitrogens with two attached hydrogens (primary N) is 1. The molecule has 0 saturated heterocycles. The van der Waals surface area contributed by atoms with Crippen LogP contribution in [0.15, 0.2) is 0 Å². The third-order valence-corrected chi connectivity index (χ3v) is 5.42. The zero-order chi connectivity index (χ0) is 13.7. The summed E-state index contributed by atoms with van der Waals surface area (Å²) in [6, 6.07) is 0. The van der Waals surface area contributed by atoms with Crippen LogP contribution in [0.5, 0.6) is 0 Å². The van der Waals surface area contributed by atoms with Crippen LogP contribution >= 0.6 is 0 Å². The second-order valence-corrected chi connectivity index (χ2v) is 6.94. The Kier molecular flexibility index (Phi) is 6.15. The summed E-state index contributed by atoms with van der Waals surface area (Å²) in [5.74, 6) is 2.25. The zero-order valence-corrected chi connectivity index (χ0v) is 12.9. The molecule has 2 aliphatic carbocycles. The number of rotatable bonds is 5. The Morgan fingerprint density at radius 3 is 2.53 bits per heavy atom. The van der Waals surface area contributed by atoms with E-state index in [1.807, 2.05) is 0 Å². The molecule has 2 N–H and O–H groups in total. The van der Waals surface area contributed by atoms with Gasteiger partial charge in [0.2, 0.25) is 0 Å². The van der Waals surface area contributed by atoms with Crippen molar-refractivity contribution in [2.45, 2.75) is 83.8 Å². The third-order valence-electron chi connectivity index (χ3n) is 5.42. The summed E-state index contributed by atoms with van der Waals surface area (Å²) in [6.45, 7) is 5.48. The highest BCUT2D eigenvalue weighted by Crippen LogP contribution is 2.36. The summed E-state index contributed by atoms with van der Waals surface area (Å²) >= 11 is 0. The van der Waals surface area contributed by atoms with Crippen molar-refractivity contribution in [3.05, 3.63) is 0 Å². The normalized spacial score (nSPS) is 40.3. The van der Waals surface area contributed by atoms with E-state index in [9.17, 15) is 0 Å². The van der Waals surface area contributed by atoms with Crippen LogP contribution in [-0.2, 0) is 4.74 Å². The van der Waals surface area contributed by atoms with Crippen molar-refractivity contribution in [1.29, 1.82) is 0 Å². The standard InChI is InChI=1S/C17H33NO/c1-3-6-14-9-10-15(12-18)17(11-14)19-16-8-5-4-7-13(16)2/h13-17H,3-12,18H2,1-2H3. The molecule has 2 fully saturated rings. The van der Waals surface area contributed by atoms with Gasteiger partial charge in [-0.05, 0) is 56.4 Å². The Bertz CT molecular complexity index is 256. The van der Waals surface area contributed by atoms with E-state index >= 15 is 0 Å². The first-order chi connectivity index (χ1) is 9.24. The highest BCUT2D eigenvalue weighted by molar-refractivity contribution is 4.84.